The number of aromatic nitrogens is 1. The van der Waals surface area contributed by atoms with Crippen LogP contribution in [0.1, 0.15) is 5.69 Å². The van der Waals surface area contributed by atoms with E-state index in [1.807, 2.05) is 6.07 Å². The molecule has 2 aromatic rings. The second kappa shape index (κ2) is 5.68. The molecule has 0 aliphatic rings. The lowest BCUT2D eigenvalue weighted by molar-refractivity contribution is 0.417. The van der Waals surface area contributed by atoms with E-state index >= 15 is 0 Å². The molecule has 0 atom stereocenters. The van der Waals surface area contributed by atoms with E-state index in [1.165, 1.54) is 31.4 Å². The van der Waals surface area contributed by atoms with Crippen LogP contribution in [0.5, 0.6) is 5.75 Å². The van der Waals surface area contributed by atoms with Crippen molar-refractivity contribution in [3.8, 4) is 11.8 Å². The minimum Gasteiger partial charge on any atom is -0.495 e. The summed E-state index contributed by atoms with van der Waals surface area (Å²) in [5, 5.41) is 8.64. The van der Waals surface area contributed by atoms with Crippen LogP contribution in [0.25, 0.3) is 0 Å². The van der Waals surface area contributed by atoms with Crippen LogP contribution >= 0.6 is 0 Å². The third-order valence-electron chi connectivity index (χ3n) is 2.64. The number of nitrogens with two attached hydrogens (primary N) is 1. The molecule has 108 valence electrons. The molecule has 0 spiro atoms. The fraction of sp³-hybridized carbons (Fsp3) is 0.0769. The third-order valence-corrected chi connectivity index (χ3v) is 4.01. The van der Waals surface area contributed by atoms with Gasteiger partial charge in [-0.2, -0.15) is 5.26 Å². The molecule has 0 aliphatic carbocycles. The number of ether oxygens (including phenoxy) is 1. The highest BCUT2D eigenvalue weighted by atomic mass is 32.2. The van der Waals surface area contributed by atoms with E-state index in [9.17, 15) is 8.42 Å². The number of benzene rings is 1. The van der Waals surface area contributed by atoms with Crippen molar-refractivity contribution in [2.24, 2.45) is 0 Å². The second-order valence-electron chi connectivity index (χ2n) is 4.05. The van der Waals surface area contributed by atoms with Gasteiger partial charge in [-0.05, 0) is 30.3 Å². The number of hydrogen-bond donors (Lipinski definition) is 2. The van der Waals surface area contributed by atoms with Gasteiger partial charge >= 0.3 is 0 Å². The Balaban J connectivity index is 2.28. The number of nitrogens with zero attached hydrogens (tertiary/aromatic N) is 2. The Morgan fingerprint density at radius 2 is 2.10 bits per heavy atom. The molecule has 0 unspecified atom stereocenters. The molecule has 8 heteroatoms. The zero-order valence-corrected chi connectivity index (χ0v) is 11.9. The van der Waals surface area contributed by atoms with Gasteiger partial charge in [-0.3, -0.25) is 4.72 Å². The maximum absolute atomic E-state index is 12.2. The van der Waals surface area contributed by atoms with E-state index < -0.39 is 10.0 Å². The maximum Gasteiger partial charge on any atom is 0.263 e. The SMILES string of the molecule is COc1ccc(NS(=O)(=O)c2ccc(C#N)nc2)cc1N. The first-order chi connectivity index (χ1) is 9.96. The van der Waals surface area contributed by atoms with E-state index in [1.54, 1.807) is 6.07 Å². The normalized spacial score (nSPS) is 10.7. The Labute approximate surface area is 122 Å². The molecular weight excluding hydrogens is 292 g/mol. The van der Waals surface area contributed by atoms with Crippen molar-refractivity contribution in [3.05, 3.63) is 42.2 Å². The summed E-state index contributed by atoms with van der Waals surface area (Å²) >= 11 is 0. The predicted octanol–water partition coefficient (Wildman–Crippen LogP) is 1.34. The van der Waals surface area contributed by atoms with Crippen molar-refractivity contribution in [2.75, 3.05) is 17.6 Å². The van der Waals surface area contributed by atoms with Gasteiger partial charge < -0.3 is 10.5 Å². The van der Waals surface area contributed by atoms with Crippen molar-refractivity contribution < 1.29 is 13.2 Å². The number of anilines is 2. The first kappa shape index (κ1) is 14.6. The summed E-state index contributed by atoms with van der Waals surface area (Å²) in [5.41, 5.74) is 6.48. The van der Waals surface area contributed by atoms with Crippen molar-refractivity contribution in [3.63, 3.8) is 0 Å². The Morgan fingerprint density at radius 1 is 1.33 bits per heavy atom. The number of nitrogen functional groups attached to an aromatic ring is 1. The lowest BCUT2D eigenvalue weighted by atomic mass is 10.2. The summed E-state index contributed by atoms with van der Waals surface area (Å²) in [6, 6.07) is 9.00. The van der Waals surface area contributed by atoms with Gasteiger partial charge in [0.25, 0.3) is 10.0 Å². The molecule has 2 rings (SSSR count). The molecule has 1 heterocycles. The molecular formula is C13H12N4O3S. The average molecular weight is 304 g/mol. The number of rotatable bonds is 4. The smallest absolute Gasteiger partial charge is 0.263 e. The molecule has 7 nitrogen and oxygen atoms in total. The van der Waals surface area contributed by atoms with E-state index in [2.05, 4.69) is 9.71 Å². The molecule has 21 heavy (non-hydrogen) atoms. The van der Waals surface area contributed by atoms with Crippen LogP contribution in [0.2, 0.25) is 0 Å². The molecule has 1 aromatic heterocycles. The van der Waals surface area contributed by atoms with Gasteiger partial charge in [0.15, 0.2) is 0 Å². The largest absolute Gasteiger partial charge is 0.495 e. The summed E-state index contributed by atoms with van der Waals surface area (Å²) in [4.78, 5) is 3.68. The number of sulfonamides is 1. The van der Waals surface area contributed by atoms with Crippen LogP contribution in [-0.2, 0) is 10.0 Å². The van der Waals surface area contributed by atoms with Crippen molar-refractivity contribution >= 4 is 21.4 Å². The lowest BCUT2D eigenvalue weighted by Gasteiger charge is -2.10. The molecule has 0 fully saturated rings. The monoisotopic (exact) mass is 304 g/mol. The number of nitrogens with one attached hydrogen (secondary N) is 1. The minimum absolute atomic E-state index is 0.0455. The summed E-state index contributed by atoms with van der Waals surface area (Å²) in [6.07, 6.45) is 1.12. The topological polar surface area (TPSA) is 118 Å². The standard InChI is InChI=1S/C13H12N4O3S/c1-20-13-5-3-9(6-12(13)15)17-21(18,19)11-4-2-10(7-14)16-8-11/h2-6,8,17H,15H2,1H3. The molecule has 0 bridgehead atoms. The summed E-state index contributed by atoms with van der Waals surface area (Å²) in [7, 11) is -2.32. The van der Waals surface area contributed by atoms with Gasteiger partial charge in [-0.25, -0.2) is 13.4 Å². The lowest BCUT2D eigenvalue weighted by Crippen LogP contribution is -2.13. The molecule has 0 amide bonds. The fourth-order valence-electron chi connectivity index (χ4n) is 1.62. The number of nitriles is 1. The maximum atomic E-state index is 12.2. The summed E-state index contributed by atoms with van der Waals surface area (Å²) in [6.45, 7) is 0. The van der Waals surface area contributed by atoms with Gasteiger partial charge in [0.1, 0.15) is 22.4 Å². The van der Waals surface area contributed by atoms with Crippen molar-refractivity contribution in [1.29, 1.82) is 5.26 Å². The number of methoxy groups -OCH3 is 1. The van der Waals surface area contributed by atoms with Crippen LogP contribution in [0, 0.1) is 11.3 Å². The van der Waals surface area contributed by atoms with E-state index in [4.69, 9.17) is 15.7 Å². The Morgan fingerprint density at radius 3 is 2.62 bits per heavy atom. The number of hydrogen-bond acceptors (Lipinski definition) is 6. The third kappa shape index (κ3) is 3.21. The molecule has 1 aromatic carbocycles. The fourth-order valence-corrected chi connectivity index (χ4v) is 2.61. The summed E-state index contributed by atoms with van der Waals surface area (Å²) < 4.78 is 31.7. The van der Waals surface area contributed by atoms with E-state index in [-0.39, 0.29) is 10.6 Å². The second-order valence-corrected chi connectivity index (χ2v) is 5.74. The van der Waals surface area contributed by atoms with Gasteiger partial charge in [0.2, 0.25) is 0 Å². The highest BCUT2D eigenvalue weighted by Crippen LogP contribution is 2.26. The predicted molar refractivity (Wildman–Crippen MR) is 77.2 cm³/mol. The Kier molecular flexibility index (Phi) is 3.95. The van der Waals surface area contributed by atoms with Crippen molar-refractivity contribution in [2.45, 2.75) is 4.90 Å². The Bertz CT molecular complexity index is 795. The van der Waals surface area contributed by atoms with Crippen LogP contribution in [-0.4, -0.2) is 20.5 Å². The van der Waals surface area contributed by atoms with Crippen LogP contribution in [0.3, 0.4) is 0 Å². The summed E-state index contributed by atoms with van der Waals surface area (Å²) in [5.74, 6) is 0.456. The molecule has 0 aliphatic heterocycles. The van der Waals surface area contributed by atoms with Crippen LogP contribution in [0.15, 0.2) is 41.4 Å². The highest BCUT2D eigenvalue weighted by Gasteiger charge is 2.15. The van der Waals surface area contributed by atoms with Gasteiger partial charge in [-0.15, -0.1) is 0 Å². The number of pyridine rings is 1. The van der Waals surface area contributed by atoms with Crippen molar-refractivity contribution in [1.82, 2.24) is 4.98 Å². The zero-order valence-electron chi connectivity index (χ0n) is 11.1. The van der Waals surface area contributed by atoms with Crippen LogP contribution < -0.4 is 15.2 Å². The van der Waals surface area contributed by atoms with Crippen LogP contribution in [0.4, 0.5) is 11.4 Å². The quantitative estimate of drug-likeness (QED) is 0.823. The molecule has 3 N–H and O–H groups in total. The van der Waals surface area contributed by atoms with E-state index in [0.717, 1.165) is 6.20 Å². The van der Waals surface area contributed by atoms with E-state index in [0.29, 0.717) is 17.1 Å². The zero-order chi connectivity index (χ0) is 15.5. The molecule has 0 radical (unpaired) electrons. The van der Waals surface area contributed by atoms with Gasteiger partial charge in [0.05, 0.1) is 18.5 Å². The van der Waals surface area contributed by atoms with Gasteiger partial charge in [-0.1, -0.05) is 0 Å². The average Bonchev–Trinajstić information content (AvgIpc) is 2.47. The minimum atomic E-state index is -3.79. The first-order valence-corrected chi connectivity index (χ1v) is 7.27. The molecule has 0 saturated heterocycles. The Hall–Kier alpha value is -2.79. The molecule has 0 saturated carbocycles. The highest BCUT2D eigenvalue weighted by molar-refractivity contribution is 7.92. The first-order valence-electron chi connectivity index (χ1n) is 5.79. The van der Waals surface area contributed by atoms with Gasteiger partial charge in [0, 0.05) is 6.20 Å².